The van der Waals surface area contributed by atoms with Crippen molar-refractivity contribution in [2.75, 3.05) is 6.54 Å². The number of nitrogens with one attached hydrogen (secondary N) is 1. The first-order chi connectivity index (χ1) is 9.94. The summed E-state index contributed by atoms with van der Waals surface area (Å²) in [5, 5.41) is 0. The molecule has 0 atom stereocenters. The highest BCUT2D eigenvalue weighted by atomic mass is 32.3. The van der Waals surface area contributed by atoms with Crippen LogP contribution in [0.4, 0.5) is 8.78 Å². The maximum Gasteiger partial charge on any atom is 0.484 e. The molecule has 0 spiro atoms. The molecule has 4 aliphatic carbocycles. The molecular formula is C12H19F2NO5S2. The molecule has 22 heavy (non-hydrogen) atoms. The van der Waals surface area contributed by atoms with E-state index in [2.05, 4.69) is 0 Å². The van der Waals surface area contributed by atoms with Crippen LogP contribution >= 0.6 is 0 Å². The van der Waals surface area contributed by atoms with Crippen molar-refractivity contribution in [3.05, 3.63) is 0 Å². The fourth-order valence-electron chi connectivity index (χ4n) is 4.98. The first kappa shape index (κ1) is 16.5. The van der Waals surface area contributed by atoms with E-state index in [0.717, 1.165) is 38.5 Å². The quantitative estimate of drug-likeness (QED) is 0.726. The standard InChI is InChI=1S/C12H19F2NO5S2/c13-12(14,22(18,19)20)21(16,17)15-7-11-4-8-1-9(5-11)3-10(2-8)6-11/h8-10,15H,1-7H2,(H,18,19,20). The van der Waals surface area contributed by atoms with Crippen LogP contribution in [0.15, 0.2) is 0 Å². The van der Waals surface area contributed by atoms with Gasteiger partial charge in [0.2, 0.25) is 0 Å². The fourth-order valence-corrected chi connectivity index (χ4v) is 6.93. The van der Waals surface area contributed by atoms with Crippen LogP contribution in [0, 0.1) is 23.2 Å². The van der Waals surface area contributed by atoms with E-state index < -0.39 is 24.7 Å². The predicted molar refractivity (Wildman–Crippen MR) is 74.0 cm³/mol. The Bertz CT molecular complexity index is 638. The third-order valence-corrected chi connectivity index (χ3v) is 8.46. The van der Waals surface area contributed by atoms with Gasteiger partial charge in [-0.2, -0.15) is 17.2 Å². The van der Waals surface area contributed by atoms with E-state index in [1.807, 2.05) is 0 Å². The molecule has 10 heteroatoms. The Morgan fingerprint density at radius 3 is 1.77 bits per heavy atom. The molecule has 0 aromatic rings. The van der Waals surface area contributed by atoms with E-state index in [1.54, 1.807) is 4.72 Å². The molecule has 0 heterocycles. The first-order valence-corrected chi connectivity index (χ1v) is 10.2. The molecule has 4 rings (SSSR count). The third-order valence-electron chi connectivity index (χ3n) is 5.42. The van der Waals surface area contributed by atoms with Crippen molar-refractivity contribution in [1.82, 2.24) is 4.72 Å². The summed E-state index contributed by atoms with van der Waals surface area (Å²) in [6.45, 7) is -0.191. The molecule has 4 bridgehead atoms. The van der Waals surface area contributed by atoms with Gasteiger partial charge < -0.3 is 0 Å². The number of sulfonamides is 1. The molecular weight excluding hydrogens is 340 g/mol. The topological polar surface area (TPSA) is 101 Å². The Balaban J connectivity index is 1.75. The van der Waals surface area contributed by atoms with Gasteiger partial charge in [0.15, 0.2) is 0 Å². The minimum absolute atomic E-state index is 0.191. The monoisotopic (exact) mass is 359 g/mol. The van der Waals surface area contributed by atoms with Crippen LogP contribution in [0.3, 0.4) is 0 Å². The van der Waals surface area contributed by atoms with Crippen LogP contribution in [0.5, 0.6) is 0 Å². The largest absolute Gasteiger partial charge is 0.484 e. The smallest absolute Gasteiger partial charge is 0.280 e. The summed E-state index contributed by atoms with van der Waals surface area (Å²) in [7, 11) is -11.5. The lowest BCUT2D eigenvalue weighted by atomic mass is 9.50. The summed E-state index contributed by atoms with van der Waals surface area (Å²) in [5.74, 6) is 1.54. The number of rotatable bonds is 5. The number of halogens is 2. The zero-order chi connectivity index (χ0) is 16.4. The highest BCUT2D eigenvalue weighted by Crippen LogP contribution is 2.59. The van der Waals surface area contributed by atoms with Gasteiger partial charge in [0.25, 0.3) is 10.0 Å². The van der Waals surface area contributed by atoms with E-state index >= 15 is 0 Å². The second-order valence-electron chi connectivity index (χ2n) is 7.18. The Hall–Kier alpha value is -0.320. The zero-order valence-corrected chi connectivity index (χ0v) is 13.5. The van der Waals surface area contributed by atoms with Crippen molar-refractivity contribution < 1.29 is 30.2 Å². The Kier molecular flexibility index (Phi) is 3.64. The van der Waals surface area contributed by atoms with Gasteiger partial charge in [-0.15, -0.1) is 0 Å². The van der Waals surface area contributed by atoms with Gasteiger partial charge in [0, 0.05) is 6.54 Å². The molecule has 0 amide bonds. The van der Waals surface area contributed by atoms with Crippen molar-refractivity contribution in [1.29, 1.82) is 0 Å². The minimum atomic E-state index is -6.02. The van der Waals surface area contributed by atoms with Gasteiger partial charge in [0.05, 0.1) is 0 Å². The average molecular weight is 359 g/mol. The SMILES string of the molecule is O=S(=O)(O)C(F)(F)S(=O)(=O)NCC12CC3CC(CC(C3)C1)C2. The van der Waals surface area contributed by atoms with E-state index in [1.165, 1.54) is 0 Å². The molecule has 6 nitrogen and oxygen atoms in total. The van der Waals surface area contributed by atoms with Crippen LogP contribution in [0.2, 0.25) is 0 Å². The van der Waals surface area contributed by atoms with E-state index in [9.17, 15) is 25.6 Å². The van der Waals surface area contributed by atoms with Gasteiger partial charge in [-0.1, -0.05) is 0 Å². The van der Waals surface area contributed by atoms with Gasteiger partial charge >= 0.3 is 14.7 Å². The third kappa shape index (κ3) is 2.57. The molecule has 0 aromatic carbocycles. The second-order valence-corrected chi connectivity index (χ2v) is 10.7. The highest BCUT2D eigenvalue weighted by Gasteiger charge is 2.59. The van der Waals surface area contributed by atoms with E-state index in [0.29, 0.717) is 17.8 Å². The maximum absolute atomic E-state index is 13.4. The summed E-state index contributed by atoms with van der Waals surface area (Å²) < 4.78 is 76.1. The summed E-state index contributed by atoms with van der Waals surface area (Å²) in [6, 6.07) is 0. The van der Waals surface area contributed by atoms with Crippen molar-refractivity contribution in [3.8, 4) is 0 Å². The Morgan fingerprint density at radius 2 is 1.41 bits per heavy atom. The molecule has 2 N–H and O–H groups in total. The number of hydrogen-bond acceptors (Lipinski definition) is 4. The minimum Gasteiger partial charge on any atom is -0.280 e. The summed E-state index contributed by atoms with van der Waals surface area (Å²) in [4.78, 5) is 0. The van der Waals surface area contributed by atoms with Gasteiger partial charge in [-0.05, 0) is 61.7 Å². The molecule has 0 aromatic heterocycles. The lowest BCUT2D eigenvalue weighted by molar-refractivity contribution is -0.0489. The average Bonchev–Trinajstić information content (AvgIpc) is 2.33. The lowest BCUT2D eigenvalue weighted by Crippen LogP contribution is -2.53. The first-order valence-electron chi connectivity index (χ1n) is 7.28. The molecule has 4 aliphatic rings. The molecule has 0 radical (unpaired) electrons. The van der Waals surface area contributed by atoms with Gasteiger partial charge in [0.1, 0.15) is 0 Å². The zero-order valence-electron chi connectivity index (χ0n) is 11.8. The molecule has 128 valence electrons. The van der Waals surface area contributed by atoms with Gasteiger partial charge in [-0.3, -0.25) is 4.55 Å². The van der Waals surface area contributed by atoms with Crippen LogP contribution in [0.1, 0.15) is 38.5 Å². The molecule has 0 unspecified atom stereocenters. The van der Waals surface area contributed by atoms with Crippen molar-refractivity contribution in [2.24, 2.45) is 23.2 Å². The normalized spacial score (nSPS) is 38.4. The van der Waals surface area contributed by atoms with Crippen molar-refractivity contribution in [3.63, 3.8) is 0 Å². The molecule has 4 fully saturated rings. The Morgan fingerprint density at radius 1 is 1.00 bits per heavy atom. The van der Waals surface area contributed by atoms with Crippen molar-refractivity contribution >= 4 is 20.1 Å². The predicted octanol–water partition coefficient (Wildman–Crippen LogP) is 1.56. The van der Waals surface area contributed by atoms with Crippen LogP contribution in [-0.2, 0) is 20.1 Å². The van der Waals surface area contributed by atoms with Crippen LogP contribution < -0.4 is 4.72 Å². The van der Waals surface area contributed by atoms with E-state index in [-0.39, 0.29) is 12.0 Å². The summed E-state index contributed by atoms with van der Waals surface area (Å²) in [5.41, 5.74) is -0.350. The van der Waals surface area contributed by atoms with Crippen molar-refractivity contribution in [2.45, 2.75) is 43.1 Å². The molecule has 4 saturated carbocycles. The molecule has 0 saturated heterocycles. The van der Waals surface area contributed by atoms with Crippen LogP contribution in [0.25, 0.3) is 0 Å². The summed E-state index contributed by atoms with van der Waals surface area (Å²) >= 11 is 0. The summed E-state index contributed by atoms with van der Waals surface area (Å²) in [6.07, 6.45) is 5.73. The highest BCUT2D eigenvalue weighted by molar-refractivity contribution is 8.06. The number of hydrogen-bond donors (Lipinski definition) is 2. The number of alkyl halides is 2. The molecule has 0 aliphatic heterocycles. The Labute approximate surface area is 128 Å². The second kappa shape index (κ2) is 4.84. The van der Waals surface area contributed by atoms with E-state index in [4.69, 9.17) is 4.55 Å². The maximum atomic E-state index is 13.4. The fraction of sp³-hybridized carbons (Fsp3) is 1.00. The lowest BCUT2D eigenvalue weighted by Gasteiger charge is -2.56. The van der Waals surface area contributed by atoms with Crippen LogP contribution in [-0.4, -0.2) is 32.5 Å². The van der Waals surface area contributed by atoms with Gasteiger partial charge in [-0.25, -0.2) is 13.1 Å².